The van der Waals surface area contributed by atoms with Crippen LogP contribution in [0.25, 0.3) is 0 Å². The second-order valence-corrected chi connectivity index (χ2v) is 5.79. The summed E-state index contributed by atoms with van der Waals surface area (Å²) in [5, 5.41) is 5.23. The van der Waals surface area contributed by atoms with Crippen molar-refractivity contribution in [2.75, 3.05) is 45.9 Å². The summed E-state index contributed by atoms with van der Waals surface area (Å²) < 4.78 is 31.5. The molecule has 0 unspecified atom stereocenters. The molecule has 1 saturated heterocycles. The van der Waals surface area contributed by atoms with Crippen molar-refractivity contribution >= 4 is 11.8 Å². The predicted molar refractivity (Wildman–Crippen MR) is 88.2 cm³/mol. The molecule has 1 aromatic rings. The molecule has 0 aliphatic carbocycles. The van der Waals surface area contributed by atoms with E-state index in [0.29, 0.717) is 12.6 Å². The van der Waals surface area contributed by atoms with E-state index in [1.165, 1.54) is 0 Å². The van der Waals surface area contributed by atoms with Crippen LogP contribution in [0.3, 0.4) is 0 Å². The summed E-state index contributed by atoms with van der Waals surface area (Å²) in [6.45, 7) is 4.90. The van der Waals surface area contributed by atoms with Gasteiger partial charge < -0.3 is 15.4 Å². The van der Waals surface area contributed by atoms with Crippen LogP contribution in [0.2, 0.25) is 0 Å². The fraction of sp³-hybridized carbons (Fsp3) is 0.529. The van der Waals surface area contributed by atoms with Crippen molar-refractivity contribution in [2.24, 2.45) is 0 Å². The van der Waals surface area contributed by atoms with E-state index >= 15 is 0 Å². The van der Waals surface area contributed by atoms with Gasteiger partial charge in [0, 0.05) is 38.7 Å². The second-order valence-electron chi connectivity index (χ2n) is 5.79. The Morgan fingerprint density at radius 2 is 1.88 bits per heavy atom. The van der Waals surface area contributed by atoms with Crippen molar-refractivity contribution in [3.63, 3.8) is 0 Å². The zero-order valence-electron chi connectivity index (χ0n) is 14.0. The van der Waals surface area contributed by atoms with Gasteiger partial charge >= 0.3 is 0 Å². The topological polar surface area (TPSA) is 70.7 Å². The maximum Gasteiger partial charge on any atom is 0.254 e. The lowest BCUT2D eigenvalue weighted by atomic mass is 10.2. The number of benzene rings is 1. The number of carbonyl (C=O) groups is 2. The number of ether oxygens (including phenoxy) is 1. The summed E-state index contributed by atoms with van der Waals surface area (Å²) in [6.07, 6.45) is 0.949. The predicted octanol–water partition coefficient (Wildman–Crippen LogP) is 0.923. The van der Waals surface area contributed by atoms with Gasteiger partial charge in [-0.2, -0.15) is 0 Å². The van der Waals surface area contributed by atoms with E-state index in [-0.39, 0.29) is 24.4 Å². The third kappa shape index (κ3) is 6.75. The molecule has 2 amide bonds. The first kappa shape index (κ1) is 19.3. The molecule has 0 saturated carbocycles. The smallest absolute Gasteiger partial charge is 0.254 e. The Kier molecular flexibility index (Phi) is 7.75. The van der Waals surface area contributed by atoms with Gasteiger partial charge in [-0.15, -0.1) is 0 Å². The molecule has 1 fully saturated rings. The number of rotatable bonds is 8. The highest BCUT2D eigenvalue weighted by molar-refractivity contribution is 5.94. The van der Waals surface area contributed by atoms with Crippen LogP contribution in [0.5, 0.6) is 0 Å². The van der Waals surface area contributed by atoms with E-state index < -0.39 is 17.5 Å². The SMILES string of the molecule is O=C(CCNC(=O)c1ccc(F)cc1F)NCCCN1CCOCC1. The average Bonchev–Trinajstić information content (AvgIpc) is 2.59. The van der Waals surface area contributed by atoms with Crippen molar-refractivity contribution in [2.45, 2.75) is 12.8 Å². The highest BCUT2D eigenvalue weighted by Gasteiger charge is 2.13. The summed E-state index contributed by atoms with van der Waals surface area (Å²) in [7, 11) is 0. The third-order valence-corrected chi connectivity index (χ3v) is 3.89. The number of carbonyl (C=O) groups excluding carboxylic acids is 2. The van der Waals surface area contributed by atoms with Crippen LogP contribution in [0.4, 0.5) is 8.78 Å². The summed E-state index contributed by atoms with van der Waals surface area (Å²) in [4.78, 5) is 25.8. The fourth-order valence-corrected chi connectivity index (χ4v) is 2.50. The van der Waals surface area contributed by atoms with E-state index in [4.69, 9.17) is 4.74 Å². The zero-order valence-corrected chi connectivity index (χ0v) is 14.0. The second kappa shape index (κ2) is 10.0. The highest BCUT2D eigenvalue weighted by Crippen LogP contribution is 2.09. The van der Waals surface area contributed by atoms with Crippen molar-refractivity contribution in [3.05, 3.63) is 35.4 Å². The van der Waals surface area contributed by atoms with Crippen LogP contribution < -0.4 is 10.6 Å². The summed E-state index contributed by atoms with van der Waals surface area (Å²) >= 11 is 0. The van der Waals surface area contributed by atoms with Gasteiger partial charge in [-0.25, -0.2) is 8.78 Å². The number of hydrogen-bond donors (Lipinski definition) is 2. The Labute approximate surface area is 145 Å². The molecular weight excluding hydrogens is 332 g/mol. The van der Waals surface area contributed by atoms with Crippen LogP contribution in [-0.4, -0.2) is 62.7 Å². The third-order valence-electron chi connectivity index (χ3n) is 3.89. The van der Waals surface area contributed by atoms with E-state index in [1.54, 1.807) is 0 Å². The first-order valence-corrected chi connectivity index (χ1v) is 8.36. The zero-order chi connectivity index (χ0) is 18.1. The quantitative estimate of drug-likeness (QED) is 0.681. The molecule has 2 rings (SSSR count). The van der Waals surface area contributed by atoms with Gasteiger partial charge in [0.15, 0.2) is 0 Å². The van der Waals surface area contributed by atoms with Gasteiger partial charge in [0.25, 0.3) is 5.91 Å². The lowest BCUT2D eigenvalue weighted by molar-refractivity contribution is -0.120. The molecule has 8 heteroatoms. The van der Waals surface area contributed by atoms with Crippen LogP contribution in [0.15, 0.2) is 18.2 Å². The molecule has 0 spiro atoms. The molecule has 1 aliphatic rings. The Morgan fingerprint density at radius 3 is 2.60 bits per heavy atom. The number of morpholine rings is 1. The summed E-state index contributed by atoms with van der Waals surface area (Å²) in [6, 6.07) is 2.74. The van der Waals surface area contributed by atoms with Crippen LogP contribution in [0, 0.1) is 11.6 Å². The van der Waals surface area contributed by atoms with Crippen LogP contribution in [0.1, 0.15) is 23.2 Å². The first-order chi connectivity index (χ1) is 12.1. The minimum absolute atomic E-state index is 0.0882. The normalized spacial score (nSPS) is 15.0. The molecule has 2 N–H and O–H groups in total. The van der Waals surface area contributed by atoms with Crippen molar-refractivity contribution in [1.82, 2.24) is 15.5 Å². The monoisotopic (exact) mass is 355 g/mol. The van der Waals surface area contributed by atoms with Crippen molar-refractivity contribution < 1.29 is 23.1 Å². The van der Waals surface area contributed by atoms with Gasteiger partial charge in [-0.1, -0.05) is 0 Å². The standard InChI is InChI=1S/C17H23F2N3O3/c18-13-2-3-14(15(19)12-13)17(24)21-6-4-16(23)20-5-1-7-22-8-10-25-11-9-22/h2-3,12H,1,4-11H2,(H,20,23)(H,21,24). The molecule has 0 radical (unpaired) electrons. The average molecular weight is 355 g/mol. The summed E-state index contributed by atoms with van der Waals surface area (Å²) in [5.41, 5.74) is -0.243. The van der Waals surface area contributed by atoms with Crippen molar-refractivity contribution in [3.8, 4) is 0 Å². The molecule has 6 nitrogen and oxygen atoms in total. The molecule has 25 heavy (non-hydrogen) atoms. The molecule has 0 aromatic heterocycles. The van der Waals surface area contributed by atoms with E-state index in [9.17, 15) is 18.4 Å². The number of halogens is 2. The first-order valence-electron chi connectivity index (χ1n) is 8.36. The fourth-order valence-electron chi connectivity index (χ4n) is 2.50. The number of nitrogens with zero attached hydrogens (tertiary/aromatic N) is 1. The largest absolute Gasteiger partial charge is 0.379 e. The molecule has 0 atom stereocenters. The number of amides is 2. The summed E-state index contributed by atoms with van der Waals surface area (Å²) in [5.74, 6) is -2.52. The van der Waals surface area contributed by atoms with Gasteiger partial charge in [0.1, 0.15) is 11.6 Å². The molecule has 1 aromatic carbocycles. The molecular formula is C17H23F2N3O3. The van der Waals surface area contributed by atoms with E-state index in [0.717, 1.165) is 51.4 Å². The lowest BCUT2D eigenvalue weighted by Gasteiger charge is -2.26. The Balaban J connectivity index is 1.57. The molecule has 1 aliphatic heterocycles. The Morgan fingerprint density at radius 1 is 1.12 bits per heavy atom. The van der Waals surface area contributed by atoms with Gasteiger partial charge in [-0.3, -0.25) is 14.5 Å². The minimum Gasteiger partial charge on any atom is -0.379 e. The highest BCUT2D eigenvalue weighted by atomic mass is 19.1. The lowest BCUT2D eigenvalue weighted by Crippen LogP contribution is -2.38. The van der Waals surface area contributed by atoms with Crippen LogP contribution >= 0.6 is 0 Å². The van der Waals surface area contributed by atoms with E-state index in [2.05, 4.69) is 15.5 Å². The Bertz CT molecular complexity index is 593. The number of hydrogen-bond acceptors (Lipinski definition) is 4. The maximum absolute atomic E-state index is 13.5. The maximum atomic E-state index is 13.5. The molecule has 1 heterocycles. The van der Waals surface area contributed by atoms with E-state index in [1.807, 2.05) is 0 Å². The van der Waals surface area contributed by atoms with Gasteiger partial charge in [0.2, 0.25) is 5.91 Å². The molecule has 0 bridgehead atoms. The van der Waals surface area contributed by atoms with Gasteiger partial charge in [0.05, 0.1) is 18.8 Å². The molecule has 138 valence electrons. The van der Waals surface area contributed by atoms with Crippen molar-refractivity contribution in [1.29, 1.82) is 0 Å². The minimum atomic E-state index is -0.926. The Hall–Kier alpha value is -2.06. The van der Waals surface area contributed by atoms with Crippen LogP contribution in [-0.2, 0) is 9.53 Å². The van der Waals surface area contributed by atoms with Gasteiger partial charge in [-0.05, 0) is 25.1 Å². The number of nitrogens with one attached hydrogen (secondary N) is 2.